The van der Waals surface area contributed by atoms with Gasteiger partial charge in [-0.3, -0.25) is 4.57 Å². The minimum atomic E-state index is -3.13. The van der Waals surface area contributed by atoms with Crippen molar-refractivity contribution in [3.8, 4) is 0 Å². The number of rotatable bonds is 17. The van der Waals surface area contributed by atoms with E-state index in [0.29, 0.717) is 31.8 Å². The summed E-state index contributed by atoms with van der Waals surface area (Å²) in [6.45, 7) is 9.75. The van der Waals surface area contributed by atoms with Crippen molar-refractivity contribution in [1.82, 2.24) is 0 Å². The highest BCUT2D eigenvalue weighted by Gasteiger charge is 2.23. The van der Waals surface area contributed by atoms with Crippen LogP contribution in [0.3, 0.4) is 0 Å². The van der Waals surface area contributed by atoms with Crippen LogP contribution in [0.4, 0.5) is 0 Å². The monoisotopic (exact) mass is 390 g/mol. The first-order valence-electron chi connectivity index (χ1n) is 8.94. The molecule has 0 unspecified atom stereocenters. The zero-order chi connectivity index (χ0) is 19.7. The summed E-state index contributed by atoms with van der Waals surface area (Å²) in [6.07, 6.45) is 6.70. The molecule has 0 atom stereocenters. The Bertz CT molecular complexity index is 440. The second kappa shape index (κ2) is 15.8. The number of esters is 2. The lowest BCUT2D eigenvalue weighted by molar-refractivity contribution is -0.138. The van der Waals surface area contributed by atoms with E-state index in [1.54, 1.807) is 0 Å². The maximum atomic E-state index is 12.7. The zero-order valence-corrected chi connectivity index (χ0v) is 16.5. The molecule has 0 fully saturated rings. The van der Waals surface area contributed by atoms with Gasteiger partial charge in [0.05, 0.1) is 32.6 Å². The first-order valence-corrected chi connectivity index (χ1v) is 10.7. The molecule has 0 aromatic carbocycles. The lowest BCUT2D eigenvalue weighted by Crippen LogP contribution is -2.06. The Morgan fingerprint density at radius 1 is 0.808 bits per heavy atom. The maximum Gasteiger partial charge on any atom is 0.330 e. The van der Waals surface area contributed by atoms with Gasteiger partial charge < -0.3 is 18.5 Å². The number of hydrogen-bond donors (Lipinski definition) is 0. The molecular formula is C18H31O7P. The van der Waals surface area contributed by atoms with E-state index in [2.05, 4.69) is 13.2 Å². The van der Waals surface area contributed by atoms with Crippen LogP contribution in [-0.4, -0.2) is 44.5 Å². The molecule has 7 nitrogen and oxygen atoms in total. The van der Waals surface area contributed by atoms with Crippen LogP contribution in [0.2, 0.25) is 0 Å². The molecule has 0 N–H and O–H groups in total. The van der Waals surface area contributed by atoms with Crippen molar-refractivity contribution in [2.75, 3.05) is 32.6 Å². The molecule has 0 aliphatic rings. The SMILES string of the molecule is C=CC(=O)OCCCCOP(=O)(CCCC)OCCCCOC(=O)C=C. The van der Waals surface area contributed by atoms with E-state index < -0.39 is 19.5 Å². The van der Waals surface area contributed by atoms with Crippen molar-refractivity contribution in [2.45, 2.75) is 45.4 Å². The van der Waals surface area contributed by atoms with Gasteiger partial charge in [-0.2, -0.15) is 0 Å². The lowest BCUT2D eigenvalue weighted by Gasteiger charge is -2.18. The molecule has 0 saturated heterocycles. The smallest absolute Gasteiger partial charge is 0.330 e. The fourth-order valence-corrected chi connectivity index (χ4v) is 3.65. The molecule has 150 valence electrons. The third kappa shape index (κ3) is 13.8. The van der Waals surface area contributed by atoms with Gasteiger partial charge in [0, 0.05) is 12.2 Å². The third-order valence-electron chi connectivity index (χ3n) is 3.26. The molecule has 0 aliphatic heterocycles. The summed E-state index contributed by atoms with van der Waals surface area (Å²) in [7, 11) is -3.13. The average molecular weight is 390 g/mol. The van der Waals surface area contributed by atoms with Crippen LogP contribution in [0, 0.1) is 0 Å². The van der Waals surface area contributed by atoms with Gasteiger partial charge in [-0.15, -0.1) is 0 Å². The zero-order valence-electron chi connectivity index (χ0n) is 15.7. The topological polar surface area (TPSA) is 88.1 Å². The van der Waals surface area contributed by atoms with Crippen LogP contribution in [0.5, 0.6) is 0 Å². The number of carbonyl (C=O) groups is 2. The lowest BCUT2D eigenvalue weighted by atomic mass is 10.3. The Kier molecular flexibility index (Phi) is 14.9. The van der Waals surface area contributed by atoms with Crippen LogP contribution in [-0.2, 0) is 32.7 Å². The summed E-state index contributed by atoms with van der Waals surface area (Å²) in [5.41, 5.74) is 0. The standard InChI is InChI=1S/C18H31O7P/c1-4-7-16-26(21,24-14-10-8-12-22-17(19)5-2)25-15-11-9-13-23-18(20)6-3/h5-6H,2-4,7-16H2,1H3. The molecule has 0 bridgehead atoms. The first-order chi connectivity index (χ1) is 12.5. The molecule has 0 aromatic heterocycles. The van der Waals surface area contributed by atoms with Gasteiger partial charge in [0.1, 0.15) is 0 Å². The Balaban J connectivity index is 4.00. The van der Waals surface area contributed by atoms with Gasteiger partial charge in [0.15, 0.2) is 0 Å². The highest BCUT2D eigenvalue weighted by atomic mass is 31.2. The first kappa shape index (κ1) is 24.6. The molecule has 8 heteroatoms. The van der Waals surface area contributed by atoms with E-state index in [1.165, 1.54) is 0 Å². The molecule has 0 radical (unpaired) electrons. The van der Waals surface area contributed by atoms with Gasteiger partial charge >= 0.3 is 19.5 Å². The molecule has 0 aliphatic carbocycles. The van der Waals surface area contributed by atoms with Gasteiger partial charge in [-0.1, -0.05) is 26.5 Å². The van der Waals surface area contributed by atoms with Gasteiger partial charge in [0.25, 0.3) is 0 Å². The summed E-state index contributed by atoms with van der Waals surface area (Å²) in [4.78, 5) is 21.8. The van der Waals surface area contributed by atoms with Gasteiger partial charge in [-0.05, 0) is 32.1 Å². The van der Waals surface area contributed by atoms with E-state index in [4.69, 9.17) is 18.5 Å². The largest absolute Gasteiger partial charge is 0.463 e. The Morgan fingerprint density at radius 2 is 1.23 bits per heavy atom. The van der Waals surface area contributed by atoms with Crippen molar-refractivity contribution in [1.29, 1.82) is 0 Å². The van der Waals surface area contributed by atoms with Gasteiger partial charge in [0.2, 0.25) is 0 Å². The summed E-state index contributed by atoms with van der Waals surface area (Å²) < 4.78 is 33.4. The van der Waals surface area contributed by atoms with E-state index in [1.807, 2.05) is 6.92 Å². The van der Waals surface area contributed by atoms with Crippen LogP contribution < -0.4 is 0 Å². The predicted molar refractivity (Wildman–Crippen MR) is 100 cm³/mol. The Labute approximate surface area is 156 Å². The molecule has 0 amide bonds. The number of unbranched alkanes of at least 4 members (excludes halogenated alkanes) is 3. The summed E-state index contributed by atoms with van der Waals surface area (Å²) >= 11 is 0. The van der Waals surface area contributed by atoms with Crippen LogP contribution in [0.15, 0.2) is 25.3 Å². The second-order valence-corrected chi connectivity index (χ2v) is 7.70. The van der Waals surface area contributed by atoms with Crippen molar-refractivity contribution in [2.24, 2.45) is 0 Å². The fraction of sp³-hybridized carbons (Fsp3) is 0.667. The number of hydrogen-bond acceptors (Lipinski definition) is 7. The third-order valence-corrected chi connectivity index (χ3v) is 5.28. The highest BCUT2D eigenvalue weighted by Crippen LogP contribution is 2.49. The fourth-order valence-electron chi connectivity index (χ4n) is 1.80. The molecule has 0 rings (SSSR count). The van der Waals surface area contributed by atoms with Crippen molar-refractivity contribution in [3.63, 3.8) is 0 Å². The Morgan fingerprint density at radius 3 is 1.62 bits per heavy atom. The van der Waals surface area contributed by atoms with Crippen LogP contribution >= 0.6 is 7.60 Å². The van der Waals surface area contributed by atoms with E-state index in [0.717, 1.165) is 25.0 Å². The maximum absolute atomic E-state index is 12.7. The molecule has 0 aromatic rings. The number of ether oxygens (including phenoxy) is 2. The van der Waals surface area contributed by atoms with E-state index >= 15 is 0 Å². The van der Waals surface area contributed by atoms with E-state index in [-0.39, 0.29) is 26.4 Å². The van der Waals surface area contributed by atoms with Gasteiger partial charge in [-0.25, -0.2) is 9.59 Å². The quantitative estimate of drug-likeness (QED) is 0.160. The summed E-state index contributed by atoms with van der Waals surface area (Å²) in [5.74, 6) is -0.914. The van der Waals surface area contributed by atoms with Crippen molar-refractivity contribution < 1.29 is 32.7 Å². The Hall–Kier alpha value is -1.43. The average Bonchev–Trinajstić information content (AvgIpc) is 2.65. The number of carbonyl (C=O) groups excluding carboxylic acids is 2. The molecule has 26 heavy (non-hydrogen) atoms. The molecule has 0 heterocycles. The summed E-state index contributed by atoms with van der Waals surface area (Å²) in [6, 6.07) is 0. The summed E-state index contributed by atoms with van der Waals surface area (Å²) in [5, 5.41) is 0. The normalized spacial score (nSPS) is 11.0. The highest BCUT2D eigenvalue weighted by molar-refractivity contribution is 7.53. The minimum Gasteiger partial charge on any atom is -0.463 e. The van der Waals surface area contributed by atoms with Crippen LogP contribution in [0.25, 0.3) is 0 Å². The van der Waals surface area contributed by atoms with Crippen molar-refractivity contribution in [3.05, 3.63) is 25.3 Å². The second-order valence-electron chi connectivity index (χ2n) is 5.51. The van der Waals surface area contributed by atoms with Crippen molar-refractivity contribution >= 4 is 19.5 Å². The van der Waals surface area contributed by atoms with Crippen LogP contribution in [0.1, 0.15) is 45.4 Å². The minimum absolute atomic E-state index is 0.276. The predicted octanol–water partition coefficient (Wildman–Crippen LogP) is 4.03. The molecule has 0 spiro atoms. The molecular weight excluding hydrogens is 359 g/mol. The van der Waals surface area contributed by atoms with E-state index in [9.17, 15) is 14.2 Å². The molecule has 0 saturated carbocycles.